The molecular weight excluding hydrogens is 191 g/mol. The van der Waals surface area contributed by atoms with E-state index in [-0.39, 0.29) is 0 Å². The van der Waals surface area contributed by atoms with Crippen LogP contribution in [0.5, 0.6) is 5.75 Å². The number of rotatable bonds is 6. The molecule has 0 aliphatic heterocycles. The third kappa shape index (κ3) is 4.10. The molecule has 0 bridgehead atoms. The van der Waals surface area contributed by atoms with Crippen molar-refractivity contribution in [2.75, 3.05) is 12.9 Å². The zero-order valence-corrected chi connectivity index (χ0v) is 9.35. The first-order valence-corrected chi connectivity index (χ1v) is 5.93. The first-order valence-electron chi connectivity index (χ1n) is 4.77. The SMILES string of the molecule is [B]CCCSCc1ccc(OC)cc1. The molecule has 0 aliphatic carbocycles. The lowest BCUT2D eigenvalue weighted by Crippen LogP contribution is -1.85. The Labute approximate surface area is 91.6 Å². The Bertz CT molecular complexity index is 248. The molecule has 1 nitrogen and oxygen atoms in total. The lowest BCUT2D eigenvalue weighted by atomic mass is 10.0. The summed E-state index contributed by atoms with van der Waals surface area (Å²) in [6.07, 6.45) is 1.89. The highest BCUT2D eigenvalue weighted by Gasteiger charge is 1.94. The molecule has 2 radical (unpaired) electrons. The van der Waals surface area contributed by atoms with Crippen LogP contribution in [0.25, 0.3) is 0 Å². The summed E-state index contributed by atoms with van der Waals surface area (Å²) in [4.78, 5) is 0. The molecule has 1 aromatic carbocycles. The topological polar surface area (TPSA) is 9.23 Å². The molecule has 0 aromatic heterocycles. The van der Waals surface area contributed by atoms with Gasteiger partial charge in [-0.05, 0) is 23.4 Å². The maximum absolute atomic E-state index is 5.42. The van der Waals surface area contributed by atoms with Crippen molar-refractivity contribution in [2.45, 2.75) is 18.5 Å². The molecular formula is C11H15BOS. The minimum Gasteiger partial charge on any atom is -0.497 e. The monoisotopic (exact) mass is 206 g/mol. The largest absolute Gasteiger partial charge is 0.497 e. The molecule has 1 rings (SSSR count). The van der Waals surface area contributed by atoms with Gasteiger partial charge in [-0.2, -0.15) is 11.8 Å². The van der Waals surface area contributed by atoms with Gasteiger partial charge < -0.3 is 4.74 Å². The molecule has 0 saturated carbocycles. The Hall–Kier alpha value is -0.565. The molecule has 74 valence electrons. The van der Waals surface area contributed by atoms with Crippen molar-refractivity contribution < 1.29 is 4.74 Å². The van der Waals surface area contributed by atoms with Gasteiger partial charge in [0.15, 0.2) is 0 Å². The summed E-state index contributed by atoms with van der Waals surface area (Å²) in [7, 11) is 7.10. The smallest absolute Gasteiger partial charge is 0.118 e. The van der Waals surface area contributed by atoms with Crippen LogP contribution in [0, 0.1) is 0 Å². The normalized spacial score (nSPS) is 10.1. The molecule has 0 N–H and O–H groups in total. The molecule has 0 fully saturated rings. The Balaban J connectivity index is 2.29. The molecule has 0 aliphatic rings. The van der Waals surface area contributed by atoms with Gasteiger partial charge in [0.2, 0.25) is 0 Å². The van der Waals surface area contributed by atoms with Gasteiger partial charge in [-0.1, -0.05) is 24.9 Å². The fourth-order valence-electron chi connectivity index (χ4n) is 1.10. The Kier molecular flexibility index (Phi) is 5.61. The molecule has 0 atom stereocenters. The van der Waals surface area contributed by atoms with Gasteiger partial charge in [0.05, 0.1) is 15.0 Å². The number of thioether (sulfide) groups is 1. The van der Waals surface area contributed by atoms with Crippen molar-refractivity contribution in [3.05, 3.63) is 29.8 Å². The third-order valence-corrected chi connectivity index (χ3v) is 3.04. The predicted molar refractivity (Wildman–Crippen MR) is 64.3 cm³/mol. The van der Waals surface area contributed by atoms with E-state index in [0.717, 1.165) is 30.0 Å². The van der Waals surface area contributed by atoms with Crippen LogP contribution in [0.4, 0.5) is 0 Å². The highest BCUT2D eigenvalue weighted by Crippen LogP contribution is 2.17. The van der Waals surface area contributed by atoms with Gasteiger partial charge in [-0.25, -0.2) is 0 Å². The lowest BCUT2D eigenvalue weighted by Gasteiger charge is -2.03. The van der Waals surface area contributed by atoms with Gasteiger partial charge in [0, 0.05) is 5.75 Å². The highest BCUT2D eigenvalue weighted by molar-refractivity contribution is 7.98. The van der Waals surface area contributed by atoms with Crippen LogP contribution < -0.4 is 4.74 Å². The first-order chi connectivity index (χ1) is 6.86. The average Bonchev–Trinajstić information content (AvgIpc) is 2.25. The second kappa shape index (κ2) is 6.82. The number of ether oxygens (including phenoxy) is 1. The van der Waals surface area contributed by atoms with E-state index >= 15 is 0 Å². The number of methoxy groups -OCH3 is 1. The Morgan fingerprint density at radius 3 is 2.57 bits per heavy atom. The van der Waals surface area contributed by atoms with Crippen LogP contribution in [0.3, 0.4) is 0 Å². The maximum atomic E-state index is 5.42. The molecule has 0 heterocycles. The summed E-state index contributed by atoms with van der Waals surface area (Å²) >= 11 is 1.92. The van der Waals surface area contributed by atoms with Crippen LogP contribution >= 0.6 is 11.8 Å². The molecule has 0 spiro atoms. The molecule has 1 aromatic rings. The van der Waals surface area contributed by atoms with E-state index in [1.165, 1.54) is 5.56 Å². The second-order valence-corrected chi connectivity index (χ2v) is 4.15. The highest BCUT2D eigenvalue weighted by atomic mass is 32.2. The zero-order chi connectivity index (χ0) is 10.2. The van der Waals surface area contributed by atoms with Crippen LogP contribution in [0.2, 0.25) is 6.32 Å². The minimum absolute atomic E-state index is 0.787. The minimum atomic E-state index is 0.787. The Morgan fingerprint density at radius 2 is 2.00 bits per heavy atom. The number of hydrogen-bond acceptors (Lipinski definition) is 2. The summed E-state index contributed by atoms with van der Waals surface area (Å²) in [6, 6.07) is 8.21. The summed E-state index contributed by atoms with van der Waals surface area (Å²) in [6.45, 7) is 0. The van der Waals surface area contributed by atoms with Gasteiger partial charge in [-0.15, -0.1) is 0 Å². The fraction of sp³-hybridized carbons (Fsp3) is 0.455. The van der Waals surface area contributed by atoms with Crippen molar-refractivity contribution in [3.63, 3.8) is 0 Å². The fourth-order valence-corrected chi connectivity index (χ4v) is 2.04. The van der Waals surface area contributed by atoms with E-state index in [4.69, 9.17) is 12.6 Å². The van der Waals surface area contributed by atoms with E-state index < -0.39 is 0 Å². The molecule has 0 amide bonds. The quantitative estimate of drug-likeness (QED) is 0.522. The van der Waals surface area contributed by atoms with Gasteiger partial charge in [-0.3, -0.25) is 0 Å². The van der Waals surface area contributed by atoms with Gasteiger partial charge in [0.25, 0.3) is 0 Å². The van der Waals surface area contributed by atoms with Crippen molar-refractivity contribution in [3.8, 4) is 5.75 Å². The van der Waals surface area contributed by atoms with Crippen molar-refractivity contribution in [2.24, 2.45) is 0 Å². The number of benzene rings is 1. The maximum Gasteiger partial charge on any atom is 0.118 e. The van der Waals surface area contributed by atoms with Gasteiger partial charge >= 0.3 is 0 Å². The summed E-state index contributed by atoms with van der Waals surface area (Å²) in [5.41, 5.74) is 1.34. The van der Waals surface area contributed by atoms with Crippen LogP contribution in [-0.2, 0) is 5.75 Å². The van der Waals surface area contributed by atoms with Crippen molar-refractivity contribution in [1.82, 2.24) is 0 Å². The average molecular weight is 206 g/mol. The van der Waals surface area contributed by atoms with E-state index in [0.29, 0.717) is 0 Å². The second-order valence-electron chi connectivity index (χ2n) is 3.04. The molecule has 14 heavy (non-hydrogen) atoms. The summed E-state index contributed by atoms with van der Waals surface area (Å²) < 4.78 is 5.09. The lowest BCUT2D eigenvalue weighted by molar-refractivity contribution is 0.414. The van der Waals surface area contributed by atoms with Crippen LogP contribution in [0.15, 0.2) is 24.3 Å². The Morgan fingerprint density at radius 1 is 1.29 bits per heavy atom. The number of hydrogen-bond donors (Lipinski definition) is 0. The molecule has 0 saturated heterocycles. The van der Waals surface area contributed by atoms with E-state index in [2.05, 4.69) is 12.1 Å². The standard InChI is InChI=1S/C11H15BOS/c1-13-11-5-3-10(4-6-11)9-14-8-2-7-12/h3-6H,2,7-9H2,1H3. The van der Waals surface area contributed by atoms with Gasteiger partial charge in [0.1, 0.15) is 5.75 Å². The van der Waals surface area contributed by atoms with Crippen LogP contribution in [-0.4, -0.2) is 20.7 Å². The summed E-state index contributed by atoms with van der Waals surface area (Å²) in [5, 5.41) is 0. The van der Waals surface area contributed by atoms with E-state index in [1.54, 1.807) is 7.11 Å². The third-order valence-electron chi connectivity index (χ3n) is 1.92. The molecule has 0 unspecified atom stereocenters. The zero-order valence-electron chi connectivity index (χ0n) is 8.53. The first kappa shape index (κ1) is 11.5. The van der Waals surface area contributed by atoms with E-state index in [1.807, 2.05) is 23.9 Å². The van der Waals surface area contributed by atoms with Crippen molar-refractivity contribution in [1.29, 1.82) is 0 Å². The predicted octanol–water partition coefficient (Wildman–Crippen LogP) is 2.91. The van der Waals surface area contributed by atoms with Crippen LogP contribution in [0.1, 0.15) is 12.0 Å². The van der Waals surface area contributed by atoms with Crippen molar-refractivity contribution >= 4 is 19.6 Å². The summed E-state index contributed by atoms with van der Waals surface area (Å²) in [5.74, 6) is 3.12. The molecule has 3 heteroatoms. The van der Waals surface area contributed by atoms with E-state index in [9.17, 15) is 0 Å².